The number of carbonyl (C=O) groups excluding carboxylic acids is 1. The number of phenolic OH excluding ortho intramolecular Hbond substituents is 1. The van der Waals surface area contributed by atoms with Crippen molar-refractivity contribution >= 4 is 5.97 Å². The van der Waals surface area contributed by atoms with Crippen LogP contribution in [0.4, 0.5) is 8.78 Å². The van der Waals surface area contributed by atoms with E-state index in [1.165, 1.54) is 0 Å². The Balaban J connectivity index is 3.14. The maximum atomic E-state index is 12.2. The topological polar surface area (TPSA) is 79.6 Å². The second kappa shape index (κ2) is 6.54. The summed E-state index contributed by atoms with van der Waals surface area (Å²) in [5.74, 6) is -1.43. The summed E-state index contributed by atoms with van der Waals surface area (Å²) < 4.78 is 33.2. The second-order valence-corrected chi connectivity index (χ2v) is 3.41. The van der Waals surface area contributed by atoms with E-state index in [-0.39, 0.29) is 23.5 Å². The molecule has 1 N–H and O–H groups in total. The van der Waals surface area contributed by atoms with Crippen molar-refractivity contribution in [2.45, 2.75) is 20.0 Å². The number of alkyl halides is 2. The molecular weight excluding hydrogens is 260 g/mol. The zero-order chi connectivity index (χ0) is 14.4. The summed E-state index contributed by atoms with van der Waals surface area (Å²) in [6.07, 6.45) is -0.400. The van der Waals surface area contributed by atoms with Crippen molar-refractivity contribution in [3.8, 4) is 17.6 Å². The van der Waals surface area contributed by atoms with E-state index in [4.69, 9.17) is 5.26 Å². The van der Waals surface area contributed by atoms with E-state index >= 15 is 0 Å². The van der Waals surface area contributed by atoms with E-state index in [9.17, 15) is 18.7 Å². The van der Waals surface area contributed by atoms with Gasteiger partial charge in [-0.3, -0.25) is 4.79 Å². The molecule has 0 amide bonds. The molecule has 1 aromatic rings. The van der Waals surface area contributed by atoms with Crippen molar-refractivity contribution < 1.29 is 28.2 Å². The molecule has 0 saturated carbocycles. The lowest BCUT2D eigenvalue weighted by Crippen LogP contribution is -2.10. The summed E-state index contributed by atoms with van der Waals surface area (Å²) in [6.45, 7) is -1.37. The number of benzene rings is 1. The number of ether oxygens (including phenoxy) is 2. The fourth-order valence-corrected chi connectivity index (χ4v) is 1.47. The molecule has 0 saturated heterocycles. The highest BCUT2D eigenvalue weighted by Crippen LogP contribution is 2.30. The van der Waals surface area contributed by atoms with Gasteiger partial charge in [-0.1, -0.05) is 0 Å². The Morgan fingerprint density at radius 1 is 1.53 bits per heavy atom. The molecule has 5 nitrogen and oxygen atoms in total. The monoisotopic (exact) mass is 271 g/mol. The van der Waals surface area contributed by atoms with E-state index < -0.39 is 24.8 Å². The average molecular weight is 271 g/mol. The van der Waals surface area contributed by atoms with Gasteiger partial charge in [0.25, 0.3) is 0 Å². The van der Waals surface area contributed by atoms with Crippen LogP contribution in [0.1, 0.15) is 18.1 Å². The van der Waals surface area contributed by atoms with Crippen molar-refractivity contribution in [1.82, 2.24) is 0 Å². The lowest BCUT2D eigenvalue weighted by Gasteiger charge is -2.11. The minimum absolute atomic E-state index is 0.0981. The van der Waals surface area contributed by atoms with Crippen molar-refractivity contribution in [2.24, 2.45) is 0 Å². The van der Waals surface area contributed by atoms with Crippen LogP contribution >= 0.6 is 0 Å². The maximum Gasteiger partial charge on any atom is 0.387 e. The minimum Gasteiger partial charge on any atom is -0.508 e. The van der Waals surface area contributed by atoms with E-state index in [1.807, 2.05) is 0 Å². The Morgan fingerprint density at radius 2 is 2.21 bits per heavy atom. The van der Waals surface area contributed by atoms with Crippen LogP contribution in [0, 0.1) is 11.3 Å². The maximum absolute atomic E-state index is 12.2. The third-order valence-corrected chi connectivity index (χ3v) is 2.20. The lowest BCUT2D eigenvalue weighted by atomic mass is 10.0. The molecule has 0 atom stereocenters. The first-order valence-electron chi connectivity index (χ1n) is 5.35. The molecule has 7 heteroatoms. The molecular formula is C12H11F2NO4. The normalized spacial score (nSPS) is 10.1. The molecule has 0 fully saturated rings. The van der Waals surface area contributed by atoms with E-state index in [0.717, 1.165) is 12.1 Å². The van der Waals surface area contributed by atoms with Crippen LogP contribution in [-0.2, 0) is 16.0 Å². The van der Waals surface area contributed by atoms with Gasteiger partial charge in [0.1, 0.15) is 23.1 Å². The van der Waals surface area contributed by atoms with Crippen LogP contribution in [0.25, 0.3) is 0 Å². The number of rotatable bonds is 5. The van der Waals surface area contributed by atoms with Crippen molar-refractivity contribution in [1.29, 1.82) is 5.26 Å². The summed E-state index contributed by atoms with van der Waals surface area (Å²) in [6, 6.07) is 3.74. The molecule has 0 unspecified atom stereocenters. The molecule has 0 spiro atoms. The molecule has 102 valence electrons. The fourth-order valence-electron chi connectivity index (χ4n) is 1.47. The van der Waals surface area contributed by atoms with Gasteiger partial charge in [-0.15, -0.1) is 0 Å². The van der Waals surface area contributed by atoms with Gasteiger partial charge in [0.05, 0.1) is 13.0 Å². The predicted octanol–water partition coefficient (Wildman–Crippen LogP) is 1.97. The van der Waals surface area contributed by atoms with Crippen LogP contribution in [0.3, 0.4) is 0 Å². The quantitative estimate of drug-likeness (QED) is 0.828. The molecule has 0 bridgehead atoms. The Hall–Kier alpha value is -2.36. The zero-order valence-corrected chi connectivity index (χ0v) is 10.0. The van der Waals surface area contributed by atoms with Crippen molar-refractivity contribution in [3.63, 3.8) is 0 Å². The first kappa shape index (κ1) is 14.7. The first-order valence-corrected chi connectivity index (χ1v) is 5.35. The van der Waals surface area contributed by atoms with Gasteiger partial charge in [0.15, 0.2) is 0 Å². The van der Waals surface area contributed by atoms with Gasteiger partial charge < -0.3 is 14.6 Å². The molecule has 0 aliphatic carbocycles. The Labute approximate surface area is 108 Å². The van der Waals surface area contributed by atoms with Gasteiger partial charge in [-0.25, -0.2) is 0 Å². The molecule has 1 aromatic carbocycles. The van der Waals surface area contributed by atoms with Gasteiger partial charge in [-0.2, -0.15) is 14.0 Å². The zero-order valence-electron chi connectivity index (χ0n) is 10.0. The fraction of sp³-hybridized carbons (Fsp3) is 0.333. The van der Waals surface area contributed by atoms with Crippen molar-refractivity contribution in [2.75, 3.05) is 6.61 Å². The van der Waals surface area contributed by atoms with Gasteiger partial charge >= 0.3 is 12.6 Å². The lowest BCUT2D eigenvalue weighted by molar-refractivity contribution is -0.142. The van der Waals surface area contributed by atoms with Crippen LogP contribution in [0.15, 0.2) is 12.1 Å². The summed E-state index contributed by atoms with van der Waals surface area (Å²) in [5.41, 5.74) is -0.410. The number of carbonyl (C=O) groups is 1. The van der Waals surface area contributed by atoms with Crippen LogP contribution in [-0.4, -0.2) is 24.3 Å². The minimum atomic E-state index is -3.10. The highest BCUT2D eigenvalue weighted by atomic mass is 19.3. The largest absolute Gasteiger partial charge is 0.508 e. The number of halogens is 2. The third-order valence-electron chi connectivity index (χ3n) is 2.20. The molecule has 0 heterocycles. The second-order valence-electron chi connectivity index (χ2n) is 3.41. The molecule has 19 heavy (non-hydrogen) atoms. The molecule has 0 aromatic heterocycles. The number of hydrogen-bond donors (Lipinski definition) is 1. The molecule has 0 aliphatic heterocycles. The van der Waals surface area contributed by atoms with Crippen molar-refractivity contribution in [3.05, 3.63) is 23.3 Å². The summed E-state index contributed by atoms with van der Waals surface area (Å²) in [5, 5.41) is 18.5. The Morgan fingerprint density at radius 3 is 2.74 bits per heavy atom. The SMILES string of the molecule is CCOC(=O)Cc1c(O)ccc(OC(F)F)c1C#N. The summed E-state index contributed by atoms with van der Waals surface area (Å²) in [7, 11) is 0. The van der Waals surface area contributed by atoms with E-state index in [1.54, 1.807) is 13.0 Å². The van der Waals surface area contributed by atoms with Crippen LogP contribution in [0.5, 0.6) is 11.5 Å². The van der Waals surface area contributed by atoms with Crippen LogP contribution < -0.4 is 4.74 Å². The van der Waals surface area contributed by atoms with Gasteiger partial charge in [0, 0.05) is 5.56 Å². The van der Waals surface area contributed by atoms with E-state index in [2.05, 4.69) is 9.47 Å². The van der Waals surface area contributed by atoms with E-state index in [0.29, 0.717) is 0 Å². The highest BCUT2D eigenvalue weighted by Gasteiger charge is 2.19. The number of esters is 1. The predicted molar refractivity (Wildman–Crippen MR) is 59.8 cm³/mol. The summed E-state index contributed by atoms with van der Waals surface area (Å²) in [4.78, 5) is 11.3. The van der Waals surface area contributed by atoms with Gasteiger partial charge in [0.2, 0.25) is 0 Å². The standard InChI is InChI=1S/C12H11F2NO4/c1-2-18-11(17)5-7-8(6-15)10(19-12(13)14)4-3-9(7)16/h3-4,12,16H,2,5H2,1H3. The number of nitrogens with zero attached hydrogens (tertiary/aromatic N) is 1. The molecule has 1 rings (SSSR count). The highest BCUT2D eigenvalue weighted by molar-refractivity contribution is 5.75. The molecule has 0 radical (unpaired) electrons. The average Bonchev–Trinajstić information content (AvgIpc) is 2.33. The summed E-state index contributed by atoms with van der Waals surface area (Å²) >= 11 is 0. The number of aromatic hydroxyl groups is 1. The third kappa shape index (κ3) is 3.81. The number of nitriles is 1. The smallest absolute Gasteiger partial charge is 0.387 e. The van der Waals surface area contributed by atoms with Crippen LogP contribution in [0.2, 0.25) is 0 Å². The molecule has 0 aliphatic rings. The van der Waals surface area contributed by atoms with Gasteiger partial charge in [-0.05, 0) is 19.1 Å². The number of hydrogen-bond acceptors (Lipinski definition) is 5. The number of phenols is 1. The first-order chi connectivity index (χ1) is 8.99. The Bertz CT molecular complexity index is 511. The Kier molecular flexibility index (Phi) is 5.06.